The van der Waals surface area contributed by atoms with E-state index < -0.39 is 17.8 Å². The summed E-state index contributed by atoms with van der Waals surface area (Å²) in [5.74, 6) is 0.228. The number of amides is 4. The summed E-state index contributed by atoms with van der Waals surface area (Å²) in [6.45, 7) is 5.42. The lowest BCUT2D eigenvalue weighted by Crippen LogP contribution is -2.54. The number of ether oxygens (including phenoxy) is 3. The Balaban J connectivity index is 1.49. The van der Waals surface area contributed by atoms with Gasteiger partial charge in [-0.15, -0.1) is 0 Å². The van der Waals surface area contributed by atoms with Crippen molar-refractivity contribution in [3.05, 3.63) is 89.5 Å². The van der Waals surface area contributed by atoms with Gasteiger partial charge in [0, 0.05) is 0 Å². The Hall–Kier alpha value is -4.59. The van der Waals surface area contributed by atoms with Crippen LogP contribution in [-0.2, 0) is 16.2 Å². The van der Waals surface area contributed by atoms with Crippen molar-refractivity contribution in [3.63, 3.8) is 0 Å². The van der Waals surface area contributed by atoms with Crippen LogP contribution >= 0.6 is 0 Å². The van der Waals surface area contributed by atoms with Gasteiger partial charge in [-0.25, -0.2) is 9.69 Å². The first-order chi connectivity index (χ1) is 19.5. The number of urea groups is 1. The van der Waals surface area contributed by atoms with Gasteiger partial charge in [0.05, 0.1) is 18.9 Å². The summed E-state index contributed by atoms with van der Waals surface area (Å²) in [6.07, 6.45) is 5.81. The highest BCUT2D eigenvalue weighted by atomic mass is 16.5. The summed E-state index contributed by atoms with van der Waals surface area (Å²) in [6, 6.07) is 20.7. The van der Waals surface area contributed by atoms with Crippen LogP contribution < -0.4 is 24.4 Å². The molecule has 0 aromatic heterocycles. The minimum atomic E-state index is -0.813. The zero-order valence-corrected chi connectivity index (χ0v) is 22.9. The smallest absolute Gasteiger partial charge is 0.335 e. The first-order valence-electron chi connectivity index (χ1n) is 13.6. The van der Waals surface area contributed by atoms with E-state index in [1.54, 1.807) is 42.5 Å². The van der Waals surface area contributed by atoms with Gasteiger partial charge in [-0.1, -0.05) is 62.6 Å². The van der Waals surface area contributed by atoms with E-state index >= 15 is 0 Å². The first-order valence-corrected chi connectivity index (χ1v) is 13.6. The Bertz CT molecular complexity index is 1350. The summed E-state index contributed by atoms with van der Waals surface area (Å²) >= 11 is 0. The molecular formula is C32H34N2O6. The minimum Gasteiger partial charge on any atom is -0.490 e. The van der Waals surface area contributed by atoms with Gasteiger partial charge >= 0.3 is 6.03 Å². The third kappa shape index (κ3) is 7.28. The predicted octanol–water partition coefficient (Wildman–Crippen LogP) is 6.29. The number of hydrogen-bond acceptors (Lipinski definition) is 6. The van der Waals surface area contributed by atoms with E-state index in [9.17, 15) is 14.4 Å². The van der Waals surface area contributed by atoms with Crippen molar-refractivity contribution in [2.24, 2.45) is 0 Å². The van der Waals surface area contributed by atoms with E-state index in [2.05, 4.69) is 12.2 Å². The second-order valence-electron chi connectivity index (χ2n) is 9.27. The Labute approximate surface area is 234 Å². The highest BCUT2D eigenvalue weighted by Gasteiger charge is 2.36. The molecule has 1 heterocycles. The molecule has 1 N–H and O–H groups in total. The fourth-order valence-electron chi connectivity index (χ4n) is 4.20. The van der Waals surface area contributed by atoms with Gasteiger partial charge < -0.3 is 14.2 Å². The minimum absolute atomic E-state index is 0.167. The molecule has 0 bridgehead atoms. The van der Waals surface area contributed by atoms with Crippen LogP contribution in [0.25, 0.3) is 6.08 Å². The van der Waals surface area contributed by atoms with E-state index in [1.807, 2.05) is 37.3 Å². The van der Waals surface area contributed by atoms with Crippen molar-refractivity contribution in [3.8, 4) is 17.2 Å². The Kier molecular flexibility index (Phi) is 9.93. The van der Waals surface area contributed by atoms with Gasteiger partial charge in [-0.05, 0) is 66.9 Å². The van der Waals surface area contributed by atoms with Crippen LogP contribution in [-0.4, -0.2) is 31.1 Å². The Morgan fingerprint density at radius 1 is 0.800 bits per heavy atom. The average molecular weight is 543 g/mol. The molecule has 8 heteroatoms. The molecule has 1 aliphatic heterocycles. The molecule has 40 heavy (non-hydrogen) atoms. The molecule has 1 saturated heterocycles. The molecule has 4 rings (SSSR count). The molecule has 1 fully saturated rings. The van der Waals surface area contributed by atoms with Crippen molar-refractivity contribution in [2.45, 2.75) is 46.1 Å². The van der Waals surface area contributed by atoms with Crippen LogP contribution in [0.1, 0.15) is 50.7 Å². The number of unbranched alkanes of at least 4 members (excludes halogenated alkanes) is 3. The molecule has 0 aliphatic carbocycles. The van der Waals surface area contributed by atoms with Crippen molar-refractivity contribution in [1.29, 1.82) is 0 Å². The third-order valence-corrected chi connectivity index (χ3v) is 6.28. The second kappa shape index (κ2) is 14.0. The number of carbonyl (C=O) groups excluding carboxylic acids is 3. The van der Waals surface area contributed by atoms with Crippen LogP contribution in [0.2, 0.25) is 0 Å². The standard InChI is InChI=1S/C32H34N2O6/c1-3-5-6-10-19-39-28-18-13-24(21-29(28)38-4-2)20-27-30(35)33-32(37)34(31(27)36)25-14-16-26(17-15-25)40-22-23-11-8-7-9-12-23/h7-9,11-18,20-21H,3-6,10,19,22H2,1-2H3,(H,33,35,37)/b27-20-. The summed E-state index contributed by atoms with van der Waals surface area (Å²) in [5.41, 5.74) is 1.73. The molecule has 3 aromatic rings. The number of nitrogens with one attached hydrogen (secondary N) is 1. The molecule has 0 spiro atoms. The predicted molar refractivity (Wildman–Crippen MR) is 153 cm³/mol. The van der Waals surface area contributed by atoms with E-state index in [0.717, 1.165) is 36.1 Å². The van der Waals surface area contributed by atoms with E-state index in [-0.39, 0.29) is 5.57 Å². The van der Waals surface area contributed by atoms with Gasteiger partial charge in [-0.3, -0.25) is 14.9 Å². The highest BCUT2D eigenvalue weighted by Crippen LogP contribution is 2.31. The van der Waals surface area contributed by atoms with Gasteiger partial charge in [0.25, 0.3) is 11.8 Å². The molecule has 3 aromatic carbocycles. The lowest BCUT2D eigenvalue weighted by Gasteiger charge is -2.26. The zero-order valence-electron chi connectivity index (χ0n) is 22.9. The topological polar surface area (TPSA) is 94.2 Å². The molecule has 0 atom stereocenters. The van der Waals surface area contributed by atoms with Gasteiger partial charge in [-0.2, -0.15) is 0 Å². The summed E-state index contributed by atoms with van der Waals surface area (Å²) in [5, 5.41) is 2.26. The third-order valence-electron chi connectivity index (χ3n) is 6.28. The fraction of sp³-hybridized carbons (Fsp3) is 0.281. The van der Waals surface area contributed by atoms with Crippen LogP contribution in [0.15, 0.2) is 78.4 Å². The number of imide groups is 2. The molecule has 0 saturated carbocycles. The monoisotopic (exact) mass is 542 g/mol. The summed E-state index contributed by atoms with van der Waals surface area (Å²) in [4.78, 5) is 39.6. The summed E-state index contributed by atoms with van der Waals surface area (Å²) in [7, 11) is 0. The van der Waals surface area contributed by atoms with Crippen molar-refractivity contribution < 1.29 is 28.6 Å². The molecular weight excluding hydrogens is 508 g/mol. The Morgan fingerprint density at radius 3 is 2.30 bits per heavy atom. The zero-order chi connectivity index (χ0) is 28.3. The maximum absolute atomic E-state index is 13.3. The number of anilines is 1. The number of nitrogens with zero attached hydrogens (tertiary/aromatic N) is 1. The fourth-order valence-corrected chi connectivity index (χ4v) is 4.20. The second-order valence-corrected chi connectivity index (χ2v) is 9.27. The molecule has 1 aliphatic rings. The number of rotatable bonds is 13. The largest absolute Gasteiger partial charge is 0.490 e. The van der Waals surface area contributed by atoms with Gasteiger partial charge in [0.1, 0.15) is 17.9 Å². The number of barbiturate groups is 1. The maximum Gasteiger partial charge on any atom is 0.335 e. The van der Waals surface area contributed by atoms with Crippen molar-refractivity contribution >= 4 is 29.6 Å². The molecule has 0 radical (unpaired) electrons. The number of carbonyl (C=O) groups is 3. The summed E-state index contributed by atoms with van der Waals surface area (Å²) < 4.78 is 17.5. The van der Waals surface area contributed by atoms with Crippen LogP contribution in [0.4, 0.5) is 10.5 Å². The van der Waals surface area contributed by atoms with Gasteiger partial charge in [0.2, 0.25) is 0 Å². The van der Waals surface area contributed by atoms with Crippen LogP contribution in [0, 0.1) is 0 Å². The molecule has 0 unspecified atom stereocenters. The quantitative estimate of drug-likeness (QED) is 0.155. The molecule has 8 nitrogen and oxygen atoms in total. The molecule has 4 amide bonds. The van der Waals surface area contributed by atoms with E-state index in [1.165, 1.54) is 6.08 Å². The Morgan fingerprint density at radius 2 is 1.57 bits per heavy atom. The number of hydrogen-bond donors (Lipinski definition) is 1. The maximum atomic E-state index is 13.3. The average Bonchev–Trinajstić information content (AvgIpc) is 2.96. The first kappa shape index (κ1) is 28.4. The van der Waals surface area contributed by atoms with E-state index in [4.69, 9.17) is 14.2 Å². The van der Waals surface area contributed by atoms with Crippen molar-refractivity contribution in [2.75, 3.05) is 18.1 Å². The lowest BCUT2D eigenvalue weighted by atomic mass is 10.1. The normalized spacial score (nSPS) is 14.3. The van der Waals surface area contributed by atoms with Crippen LogP contribution in [0.5, 0.6) is 17.2 Å². The molecule has 208 valence electrons. The number of benzene rings is 3. The van der Waals surface area contributed by atoms with Crippen LogP contribution in [0.3, 0.4) is 0 Å². The SMILES string of the molecule is CCCCCCOc1ccc(/C=C2/C(=O)NC(=O)N(c3ccc(OCc4ccccc4)cc3)C2=O)cc1OCC. The highest BCUT2D eigenvalue weighted by molar-refractivity contribution is 6.39. The van der Waals surface area contributed by atoms with Gasteiger partial charge in [0.15, 0.2) is 11.5 Å². The van der Waals surface area contributed by atoms with Crippen molar-refractivity contribution in [1.82, 2.24) is 5.32 Å². The lowest BCUT2D eigenvalue weighted by molar-refractivity contribution is -0.122. The van der Waals surface area contributed by atoms with E-state index in [0.29, 0.717) is 48.3 Å².